The molecule has 0 radical (unpaired) electrons. The van der Waals surface area contributed by atoms with Crippen molar-refractivity contribution >= 4 is 23.1 Å². The van der Waals surface area contributed by atoms with Crippen LogP contribution in [0.4, 0.5) is 11.4 Å². The Morgan fingerprint density at radius 2 is 1.25 bits per heavy atom. The Hall–Kier alpha value is -3.66. The van der Waals surface area contributed by atoms with Gasteiger partial charge in [-0.25, -0.2) is 0 Å². The summed E-state index contributed by atoms with van der Waals surface area (Å²) >= 11 is 0. The number of carbonyl (C=O) groups excluding carboxylic acids is 2. The van der Waals surface area contributed by atoms with Gasteiger partial charge in [0.05, 0.1) is 16.4 Å². The van der Waals surface area contributed by atoms with Gasteiger partial charge in [0.15, 0.2) is 5.78 Å². The van der Waals surface area contributed by atoms with Gasteiger partial charge in [0.1, 0.15) is 0 Å². The number of nitro groups is 2. The number of nitro benzene ring substituents is 2. The van der Waals surface area contributed by atoms with E-state index in [2.05, 4.69) is 4.90 Å². The third-order valence-corrected chi connectivity index (χ3v) is 5.14. The number of ketones is 1. The molecule has 0 bridgehead atoms. The summed E-state index contributed by atoms with van der Waals surface area (Å²) in [7, 11) is 0. The molecule has 0 atom stereocenters. The number of hydrogen-bond acceptors (Lipinski definition) is 7. The second-order valence-corrected chi connectivity index (χ2v) is 7.14. The maximum Gasteiger partial charge on any atom is 0.269 e. The highest BCUT2D eigenvalue weighted by Crippen LogP contribution is 2.16. The number of amides is 1. The number of non-ortho nitro benzene ring substituents is 2. The van der Waals surface area contributed by atoms with E-state index in [1.807, 2.05) is 13.8 Å². The van der Waals surface area contributed by atoms with Gasteiger partial charge < -0.3 is 9.80 Å². The number of carbonyl (C=O) groups is 2. The lowest BCUT2D eigenvalue weighted by Crippen LogP contribution is -2.38. The Morgan fingerprint density at radius 3 is 1.69 bits per heavy atom. The van der Waals surface area contributed by atoms with E-state index >= 15 is 0 Å². The van der Waals surface area contributed by atoms with Crippen molar-refractivity contribution in [3.8, 4) is 0 Å². The van der Waals surface area contributed by atoms with E-state index in [0.717, 1.165) is 19.6 Å². The molecular weight excluding hydrogens is 416 g/mol. The van der Waals surface area contributed by atoms with Crippen LogP contribution in [0, 0.1) is 20.2 Å². The van der Waals surface area contributed by atoms with Gasteiger partial charge in [-0.3, -0.25) is 29.8 Å². The first-order valence-corrected chi connectivity index (χ1v) is 10.3. The van der Waals surface area contributed by atoms with Gasteiger partial charge in [0, 0.05) is 41.9 Å². The SMILES string of the molecule is CCN(CC)CCCN(CC(=O)c1ccc([N+](=O)[O-])cc1)C(=O)c1ccc([N+](=O)[O-])cc1. The lowest BCUT2D eigenvalue weighted by atomic mass is 10.1. The van der Waals surface area contributed by atoms with Crippen molar-refractivity contribution in [2.45, 2.75) is 20.3 Å². The van der Waals surface area contributed by atoms with Crippen molar-refractivity contribution in [3.63, 3.8) is 0 Å². The number of benzene rings is 2. The molecule has 2 aromatic rings. The smallest absolute Gasteiger partial charge is 0.269 e. The highest BCUT2D eigenvalue weighted by molar-refractivity contribution is 6.02. The Morgan fingerprint density at radius 1 is 0.781 bits per heavy atom. The Kier molecular flexibility index (Phi) is 8.96. The van der Waals surface area contributed by atoms with Gasteiger partial charge in [-0.2, -0.15) is 0 Å². The van der Waals surface area contributed by atoms with Crippen LogP contribution < -0.4 is 0 Å². The first kappa shape index (κ1) is 24.6. The van der Waals surface area contributed by atoms with Crippen molar-refractivity contribution in [2.75, 3.05) is 32.7 Å². The van der Waals surface area contributed by atoms with Crippen LogP contribution in [0.1, 0.15) is 41.0 Å². The van der Waals surface area contributed by atoms with Crippen LogP contribution in [-0.2, 0) is 0 Å². The summed E-state index contributed by atoms with van der Waals surface area (Å²) in [5.41, 5.74) is 0.256. The predicted octanol–water partition coefficient (Wildman–Crippen LogP) is 3.56. The standard InChI is InChI=1S/C22H26N4O6/c1-3-23(4-2)14-5-15-24(22(28)18-8-12-20(13-9-18)26(31)32)16-21(27)17-6-10-19(11-7-17)25(29)30/h6-13H,3-5,14-16H2,1-2H3. The third-order valence-electron chi connectivity index (χ3n) is 5.14. The monoisotopic (exact) mass is 442 g/mol. The second kappa shape index (κ2) is 11.7. The van der Waals surface area contributed by atoms with Crippen LogP contribution in [-0.4, -0.2) is 64.1 Å². The molecule has 0 aliphatic carbocycles. The first-order valence-electron chi connectivity index (χ1n) is 10.3. The molecule has 32 heavy (non-hydrogen) atoms. The van der Waals surface area contributed by atoms with Crippen LogP contribution in [0.15, 0.2) is 48.5 Å². The van der Waals surface area contributed by atoms with Gasteiger partial charge in [-0.05, 0) is 50.3 Å². The van der Waals surface area contributed by atoms with Crippen LogP contribution in [0.2, 0.25) is 0 Å². The van der Waals surface area contributed by atoms with Gasteiger partial charge in [-0.1, -0.05) is 13.8 Å². The molecule has 0 N–H and O–H groups in total. The lowest BCUT2D eigenvalue weighted by Gasteiger charge is -2.24. The van der Waals surface area contributed by atoms with Crippen molar-refractivity contribution in [2.24, 2.45) is 0 Å². The van der Waals surface area contributed by atoms with E-state index < -0.39 is 15.8 Å². The summed E-state index contributed by atoms with van der Waals surface area (Å²) in [6.07, 6.45) is 0.647. The highest BCUT2D eigenvalue weighted by Gasteiger charge is 2.21. The van der Waals surface area contributed by atoms with Gasteiger partial charge in [0.25, 0.3) is 17.3 Å². The molecule has 0 aliphatic heterocycles. The van der Waals surface area contributed by atoms with E-state index in [4.69, 9.17) is 0 Å². The van der Waals surface area contributed by atoms with Gasteiger partial charge >= 0.3 is 0 Å². The molecule has 0 aliphatic rings. The molecule has 2 aromatic carbocycles. The molecule has 0 spiro atoms. The number of rotatable bonds is 12. The minimum Gasteiger partial charge on any atom is -0.331 e. The highest BCUT2D eigenvalue weighted by atomic mass is 16.6. The second-order valence-electron chi connectivity index (χ2n) is 7.14. The summed E-state index contributed by atoms with van der Waals surface area (Å²) in [4.78, 5) is 50.0. The zero-order chi connectivity index (χ0) is 23.7. The Balaban J connectivity index is 2.18. The van der Waals surface area contributed by atoms with E-state index in [-0.39, 0.29) is 34.8 Å². The van der Waals surface area contributed by atoms with E-state index in [0.29, 0.717) is 13.0 Å². The number of nitrogens with zero attached hydrogens (tertiary/aromatic N) is 4. The minimum absolute atomic E-state index is 0.125. The van der Waals surface area contributed by atoms with Crippen molar-refractivity contribution < 1.29 is 19.4 Å². The lowest BCUT2D eigenvalue weighted by molar-refractivity contribution is -0.385. The molecular formula is C22H26N4O6. The van der Waals surface area contributed by atoms with Gasteiger partial charge in [-0.15, -0.1) is 0 Å². The summed E-state index contributed by atoms with van der Waals surface area (Å²) < 4.78 is 0. The van der Waals surface area contributed by atoms with E-state index in [1.165, 1.54) is 53.4 Å². The Labute approximate surface area is 185 Å². The van der Waals surface area contributed by atoms with Crippen molar-refractivity contribution in [3.05, 3.63) is 79.9 Å². The largest absolute Gasteiger partial charge is 0.331 e. The molecule has 0 aromatic heterocycles. The van der Waals surface area contributed by atoms with Crippen molar-refractivity contribution in [1.82, 2.24) is 9.80 Å². The number of Topliss-reactive ketones (excluding diaryl/α,β-unsaturated/α-hetero) is 1. The molecule has 0 heterocycles. The maximum absolute atomic E-state index is 13.1. The van der Waals surface area contributed by atoms with Crippen LogP contribution in [0.25, 0.3) is 0 Å². The maximum atomic E-state index is 13.1. The predicted molar refractivity (Wildman–Crippen MR) is 119 cm³/mol. The quantitative estimate of drug-likeness (QED) is 0.279. The average molecular weight is 442 g/mol. The molecule has 0 saturated carbocycles. The first-order chi connectivity index (χ1) is 15.3. The van der Waals surface area contributed by atoms with Crippen molar-refractivity contribution in [1.29, 1.82) is 0 Å². The Bertz CT molecular complexity index is 955. The molecule has 0 saturated heterocycles. The minimum atomic E-state index is -0.550. The molecule has 2 rings (SSSR count). The molecule has 1 amide bonds. The zero-order valence-corrected chi connectivity index (χ0v) is 18.1. The fourth-order valence-corrected chi connectivity index (χ4v) is 3.22. The van der Waals surface area contributed by atoms with E-state index in [9.17, 15) is 29.8 Å². The summed E-state index contributed by atoms with van der Waals surface area (Å²) in [5.74, 6) is -0.757. The fourth-order valence-electron chi connectivity index (χ4n) is 3.22. The van der Waals surface area contributed by atoms with E-state index in [1.54, 1.807) is 0 Å². The number of hydrogen-bond donors (Lipinski definition) is 0. The summed E-state index contributed by atoms with van der Waals surface area (Å²) in [6.45, 7) is 6.70. The summed E-state index contributed by atoms with van der Waals surface area (Å²) in [6, 6.07) is 10.5. The molecule has 10 heteroatoms. The fraction of sp³-hybridized carbons (Fsp3) is 0.364. The van der Waals surface area contributed by atoms with Crippen LogP contribution in [0.3, 0.4) is 0 Å². The van der Waals surface area contributed by atoms with Gasteiger partial charge in [0.2, 0.25) is 0 Å². The molecule has 10 nitrogen and oxygen atoms in total. The van der Waals surface area contributed by atoms with Crippen LogP contribution >= 0.6 is 0 Å². The topological polar surface area (TPSA) is 127 Å². The molecule has 170 valence electrons. The zero-order valence-electron chi connectivity index (χ0n) is 18.1. The summed E-state index contributed by atoms with van der Waals surface area (Å²) in [5, 5.41) is 21.7. The van der Waals surface area contributed by atoms with Crippen LogP contribution in [0.5, 0.6) is 0 Å². The molecule has 0 fully saturated rings. The average Bonchev–Trinajstić information content (AvgIpc) is 2.80. The molecule has 0 unspecified atom stereocenters. The normalized spacial score (nSPS) is 10.7. The third kappa shape index (κ3) is 6.67.